The molecule has 1 amide bonds. The first kappa shape index (κ1) is 17.0. The molecule has 25 heavy (non-hydrogen) atoms. The van der Waals surface area contributed by atoms with Crippen LogP contribution in [0.15, 0.2) is 73.3 Å². The van der Waals surface area contributed by atoms with Crippen molar-refractivity contribution in [1.29, 1.82) is 0 Å². The number of carbonyl (C=O) groups excluding carboxylic acids is 1. The molecule has 0 saturated heterocycles. The van der Waals surface area contributed by atoms with Gasteiger partial charge in [-0.15, -0.1) is 0 Å². The van der Waals surface area contributed by atoms with Crippen LogP contribution >= 0.6 is 0 Å². The predicted molar refractivity (Wildman–Crippen MR) is 100 cm³/mol. The fourth-order valence-corrected chi connectivity index (χ4v) is 2.92. The summed E-state index contributed by atoms with van der Waals surface area (Å²) >= 11 is 0. The van der Waals surface area contributed by atoms with Crippen molar-refractivity contribution in [3.63, 3.8) is 0 Å². The van der Waals surface area contributed by atoms with Crippen molar-refractivity contribution in [2.24, 2.45) is 0 Å². The maximum absolute atomic E-state index is 12.6. The van der Waals surface area contributed by atoms with E-state index in [0.29, 0.717) is 5.56 Å². The van der Waals surface area contributed by atoms with Gasteiger partial charge in [-0.1, -0.05) is 55.8 Å². The van der Waals surface area contributed by atoms with Crippen molar-refractivity contribution in [1.82, 2.24) is 14.9 Å². The molecule has 0 fully saturated rings. The Hall–Kier alpha value is -2.88. The molecular formula is C21H23N3O. The molecule has 0 aliphatic carbocycles. The Labute approximate surface area is 148 Å². The van der Waals surface area contributed by atoms with Gasteiger partial charge in [0.25, 0.3) is 5.91 Å². The van der Waals surface area contributed by atoms with Crippen LogP contribution in [0.5, 0.6) is 0 Å². The molecule has 1 heterocycles. The van der Waals surface area contributed by atoms with Crippen molar-refractivity contribution in [3.8, 4) is 11.1 Å². The molecule has 0 radical (unpaired) electrons. The summed E-state index contributed by atoms with van der Waals surface area (Å²) in [6, 6.07) is 18.0. The van der Waals surface area contributed by atoms with Gasteiger partial charge in [0.1, 0.15) is 0 Å². The molecule has 1 aromatic heterocycles. The van der Waals surface area contributed by atoms with Crippen molar-refractivity contribution >= 4 is 5.91 Å². The number of hydrogen-bond acceptors (Lipinski definition) is 2. The van der Waals surface area contributed by atoms with Gasteiger partial charge < -0.3 is 9.88 Å². The van der Waals surface area contributed by atoms with Crippen molar-refractivity contribution in [3.05, 3.63) is 78.9 Å². The second-order valence-corrected chi connectivity index (χ2v) is 6.16. The zero-order valence-corrected chi connectivity index (χ0v) is 14.4. The molecular weight excluding hydrogens is 310 g/mol. The fraction of sp³-hybridized carbons (Fsp3) is 0.238. The summed E-state index contributed by atoms with van der Waals surface area (Å²) in [5, 5.41) is 3.14. The molecule has 128 valence electrons. The number of aromatic nitrogens is 2. The van der Waals surface area contributed by atoms with Crippen LogP contribution in [-0.2, 0) is 6.54 Å². The van der Waals surface area contributed by atoms with Crippen molar-refractivity contribution < 1.29 is 4.79 Å². The predicted octanol–water partition coefficient (Wildman–Crippen LogP) is 4.15. The Morgan fingerprint density at radius 2 is 1.80 bits per heavy atom. The summed E-state index contributed by atoms with van der Waals surface area (Å²) in [4.78, 5) is 16.6. The first-order valence-corrected chi connectivity index (χ1v) is 8.68. The van der Waals surface area contributed by atoms with Gasteiger partial charge in [0.05, 0.1) is 6.33 Å². The minimum Gasteiger partial charge on any atom is -0.348 e. The van der Waals surface area contributed by atoms with Crippen molar-refractivity contribution in [2.45, 2.75) is 32.4 Å². The van der Waals surface area contributed by atoms with Crippen LogP contribution in [0.1, 0.15) is 30.1 Å². The lowest BCUT2D eigenvalue weighted by atomic mass is 10.0. The van der Waals surface area contributed by atoms with Crippen LogP contribution in [0.2, 0.25) is 0 Å². The largest absolute Gasteiger partial charge is 0.348 e. The Bertz CT molecular complexity index is 780. The number of nitrogens with one attached hydrogen (secondary N) is 1. The van der Waals surface area contributed by atoms with E-state index in [0.717, 1.165) is 30.5 Å². The summed E-state index contributed by atoms with van der Waals surface area (Å²) in [6.45, 7) is 2.86. The van der Waals surface area contributed by atoms with Crippen LogP contribution in [0.4, 0.5) is 0 Å². The lowest BCUT2D eigenvalue weighted by Crippen LogP contribution is -2.37. The fourth-order valence-electron chi connectivity index (χ4n) is 2.92. The minimum atomic E-state index is -0.0295. The Morgan fingerprint density at radius 1 is 1.08 bits per heavy atom. The van der Waals surface area contributed by atoms with E-state index in [2.05, 4.69) is 29.4 Å². The van der Waals surface area contributed by atoms with E-state index < -0.39 is 0 Å². The number of hydrogen-bond donors (Lipinski definition) is 1. The second-order valence-electron chi connectivity index (χ2n) is 6.16. The highest BCUT2D eigenvalue weighted by Gasteiger charge is 2.13. The zero-order valence-electron chi connectivity index (χ0n) is 14.4. The maximum atomic E-state index is 12.6. The highest BCUT2D eigenvalue weighted by Crippen LogP contribution is 2.19. The second kappa shape index (κ2) is 8.29. The summed E-state index contributed by atoms with van der Waals surface area (Å²) in [6.07, 6.45) is 7.42. The first-order valence-electron chi connectivity index (χ1n) is 8.68. The summed E-state index contributed by atoms with van der Waals surface area (Å²) in [7, 11) is 0. The average molecular weight is 333 g/mol. The quantitative estimate of drug-likeness (QED) is 0.706. The molecule has 0 spiro atoms. The molecule has 3 rings (SSSR count). The van der Waals surface area contributed by atoms with Crippen LogP contribution < -0.4 is 5.32 Å². The first-order chi connectivity index (χ1) is 12.3. The van der Waals surface area contributed by atoms with Gasteiger partial charge in [-0.05, 0) is 29.7 Å². The monoisotopic (exact) mass is 333 g/mol. The number of nitrogens with zero attached hydrogens (tertiary/aromatic N) is 2. The van der Waals surface area contributed by atoms with Gasteiger partial charge in [0, 0.05) is 30.5 Å². The Kier molecular flexibility index (Phi) is 5.62. The number of benzene rings is 2. The standard InChI is InChI=1S/C21H23N3O/c1-2-6-20(15-24-14-13-22-16-24)23-21(25)19-11-9-18(10-12-19)17-7-4-3-5-8-17/h3-5,7-14,16,20H,2,6,15H2,1H3,(H,23,25)/t20-/m0/s1. The third-order valence-electron chi connectivity index (χ3n) is 4.22. The van der Waals surface area contributed by atoms with Gasteiger partial charge in [-0.25, -0.2) is 4.98 Å². The smallest absolute Gasteiger partial charge is 0.251 e. The number of imidazole rings is 1. The maximum Gasteiger partial charge on any atom is 0.251 e. The van der Waals surface area contributed by atoms with E-state index in [1.54, 1.807) is 12.5 Å². The molecule has 4 heteroatoms. The van der Waals surface area contributed by atoms with Crippen LogP contribution in [0.3, 0.4) is 0 Å². The van der Waals surface area contributed by atoms with E-state index >= 15 is 0 Å². The van der Waals surface area contributed by atoms with E-state index in [9.17, 15) is 4.79 Å². The summed E-state index contributed by atoms with van der Waals surface area (Å²) < 4.78 is 2.00. The van der Waals surface area contributed by atoms with Gasteiger partial charge in [-0.2, -0.15) is 0 Å². The molecule has 0 bridgehead atoms. The topological polar surface area (TPSA) is 46.9 Å². The third-order valence-corrected chi connectivity index (χ3v) is 4.22. The molecule has 4 nitrogen and oxygen atoms in total. The number of carbonyl (C=O) groups is 1. The summed E-state index contributed by atoms with van der Waals surface area (Å²) in [5.74, 6) is -0.0295. The molecule has 1 N–H and O–H groups in total. The highest BCUT2D eigenvalue weighted by atomic mass is 16.1. The normalized spacial score (nSPS) is 11.9. The van der Waals surface area contributed by atoms with E-state index in [1.807, 2.05) is 53.2 Å². The van der Waals surface area contributed by atoms with E-state index in [1.165, 1.54) is 0 Å². The van der Waals surface area contributed by atoms with Crippen LogP contribution in [0.25, 0.3) is 11.1 Å². The Balaban J connectivity index is 1.67. The molecule has 0 aliphatic heterocycles. The minimum absolute atomic E-state index is 0.0295. The van der Waals surface area contributed by atoms with Gasteiger partial charge in [-0.3, -0.25) is 4.79 Å². The van der Waals surface area contributed by atoms with E-state index in [4.69, 9.17) is 0 Å². The number of amides is 1. The van der Waals surface area contributed by atoms with Crippen molar-refractivity contribution in [2.75, 3.05) is 0 Å². The molecule has 0 unspecified atom stereocenters. The Morgan fingerprint density at radius 3 is 2.44 bits per heavy atom. The summed E-state index contributed by atoms with van der Waals surface area (Å²) in [5.41, 5.74) is 2.95. The van der Waals surface area contributed by atoms with E-state index in [-0.39, 0.29) is 11.9 Å². The molecule has 0 saturated carbocycles. The third kappa shape index (κ3) is 4.57. The van der Waals surface area contributed by atoms with Gasteiger partial charge >= 0.3 is 0 Å². The van der Waals surface area contributed by atoms with Crippen LogP contribution in [0, 0.1) is 0 Å². The molecule has 0 aliphatic rings. The van der Waals surface area contributed by atoms with Crippen LogP contribution in [-0.4, -0.2) is 21.5 Å². The average Bonchev–Trinajstić information content (AvgIpc) is 3.16. The van der Waals surface area contributed by atoms with Gasteiger partial charge in [0.2, 0.25) is 0 Å². The highest BCUT2D eigenvalue weighted by molar-refractivity contribution is 5.94. The van der Waals surface area contributed by atoms with Gasteiger partial charge in [0.15, 0.2) is 0 Å². The lowest BCUT2D eigenvalue weighted by Gasteiger charge is -2.18. The lowest BCUT2D eigenvalue weighted by molar-refractivity contribution is 0.0930. The zero-order chi connectivity index (χ0) is 17.5. The SMILES string of the molecule is CCC[C@@H](Cn1ccnc1)NC(=O)c1ccc(-c2ccccc2)cc1. The molecule has 1 atom stereocenters. The molecule has 2 aromatic carbocycles. The number of rotatable bonds is 7. The molecule has 3 aromatic rings.